The maximum atomic E-state index is 12.8. The first kappa shape index (κ1) is 23.4. The van der Waals surface area contributed by atoms with Crippen molar-refractivity contribution in [3.63, 3.8) is 0 Å². The molecule has 0 saturated carbocycles. The number of nitrogens with one attached hydrogen (secondary N) is 2. The lowest BCUT2D eigenvalue weighted by molar-refractivity contribution is -0.143. The van der Waals surface area contributed by atoms with Gasteiger partial charge in [0.25, 0.3) is 0 Å². The molecule has 8 heteroatoms. The highest BCUT2D eigenvalue weighted by molar-refractivity contribution is 14.0. The van der Waals surface area contributed by atoms with Gasteiger partial charge >= 0.3 is 5.97 Å². The number of aliphatic imine (C=N–C) groups is 1. The Labute approximate surface area is 165 Å². The van der Waals surface area contributed by atoms with E-state index >= 15 is 0 Å². The highest BCUT2D eigenvalue weighted by Crippen LogP contribution is 2.12. The Kier molecular flexibility index (Phi) is 12.8. The number of guanidine groups is 1. The summed E-state index contributed by atoms with van der Waals surface area (Å²) in [6, 6.07) is 5.90. The first-order valence-corrected chi connectivity index (χ1v) is 8.07. The number of ether oxygens (including phenoxy) is 2. The smallest absolute Gasteiger partial charge is 0.305 e. The van der Waals surface area contributed by atoms with Crippen molar-refractivity contribution in [1.82, 2.24) is 10.6 Å². The number of nitrogens with zero attached hydrogens (tertiary/aromatic N) is 1. The summed E-state index contributed by atoms with van der Waals surface area (Å²) < 4.78 is 23.4. The van der Waals surface area contributed by atoms with Crippen LogP contribution >= 0.6 is 24.0 Å². The molecule has 0 radical (unpaired) electrons. The van der Waals surface area contributed by atoms with E-state index in [1.165, 1.54) is 12.1 Å². The van der Waals surface area contributed by atoms with Crippen LogP contribution in [0.3, 0.4) is 0 Å². The Morgan fingerprint density at radius 1 is 1.28 bits per heavy atom. The quantitative estimate of drug-likeness (QED) is 0.192. The summed E-state index contributed by atoms with van der Waals surface area (Å²) in [4.78, 5) is 15.3. The highest BCUT2D eigenvalue weighted by Gasteiger charge is 2.06. The average Bonchev–Trinajstić information content (AvgIpc) is 2.56. The second kappa shape index (κ2) is 13.7. The molecule has 1 aromatic carbocycles. The summed E-state index contributed by atoms with van der Waals surface area (Å²) in [6.45, 7) is 5.25. The summed E-state index contributed by atoms with van der Waals surface area (Å²) in [7, 11) is 1.67. The molecule has 0 bridgehead atoms. The van der Waals surface area contributed by atoms with Gasteiger partial charge in [-0.15, -0.1) is 24.0 Å². The van der Waals surface area contributed by atoms with Crippen LogP contribution < -0.4 is 15.4 Å². The van der Waals surface area contributed by atoms with Gasteiger partial charge in [-0.1, -0.05) is 0 Å². The van der Waals surface area contributed by atoms with Crippen molar-refractivity contribution in [2.45, 2.75) is 32.8 Å². The first-order valence-electron chi connectivity index (χ1n) is 8.07. The lowest BCUT2D eigenvalue weighted by Crippen LogP contribution is -2.42. The van der Waals surface area contributed by atoms with Crippen LogP contribution in [-0.4, -0.2) is 44.8 Å². The number of benzene rings is 1. The molecular weight excluding hydrogens is 440 g/mol. The van der Waals surface area contributed by atoms with E-state index in [-0.39, 0.29) is 41.9 Å². The molecule has 2 N–H and O–H groups in total. The molecular formula is C17H27FIN3O3. The van der Waals surface area contributed by atoms with Gasteiger partial charge in [0.15, 0.2) is 5.96 Å². The zero-order valence-corrected chi connectivity index (χ0v) is 17.2. The Morgan fingerprint density at radius 2 is 1.96 bits per heavy atom. The van der Waals surface area contributed by atoms with Crippen molar-refractivity contribution in [2.24, 2.45) is 4.99 Å². The van der Waals surface area contributed by atoms with Gasteiger partial charge in [0, 0.05) is 20.0 Å². The van der Waals surface area contributed by atoms with E-state index in [2.05, 4.69) is 15.6 Å². The van der Waals surface area contributed by atoms with Crippen LogP contribution in [0.4, 0.5) is 4.39 Å². The molecule has 142 valence electrons. The maximum Gasteiger partial charge on any atom is 0.305 e. The molecule has 6 nitrogen and oxygen atoms in total. The minimum Gasteiger partial charge on any atom is -0.489 e. The molecule has 25 heavy (non-hydrogen) atoms. The molecule has 0 spiro atoms. The normalized spacial score (nSPS) is 11.9. The maximum absolute atomic E-state index is 12.8. The summed E-state index contributed by atoms with van der Waals surface area (Å²) in [5, 5.41) is 6.26. The number of rotatable bonds is 9. The fraction of sp³-hybridized carbons (Fsp3) is 0.529. The van der Waals surface area contributed by atoms with Crippen molar-refractivity contribution in [1.29, 1.82) is 0 Å². The van der Waals surface area contributed by atoms with Gasteiger partial charge in [-0.2, -0.15) is 0 Å². The predicted molar refractivity (Wildman–Crippen MR) is 107 cm³/mol. The minimum atomic E-state index is -0.291. The number of esters is 1. The first-order chi connectivity index (χ1) is 11.5. The third-order valence-corrected chi connectivity index (χ3v) is 3.09. The van der Waals surface area contributed by atoms with E-state index in [4.69, 9.17) is 9.47 Å². The summed E-state index contributed by atoms with van der Waals surface area (Å²) >= 11 is 0. The van der Waals surface area contributed by atoms with Crippen LogP contribution in [0.15, 0.2) is 29.3 Å². The van der Waals surface area contributed by atoms with Crippen LogP contribution in [0.25, 0.3) is 0 Å². The number of hydrogen-bond donors (Lipinski definition) is 2. The van der Waals surface area contributed by atoms with E-state index in [0.29, 0.717) is 44.2 Å². The largest absolute Gasteiger partial charge is 0.489 e. The Morgan fingerprint density at radius 3 is 2.56 bits per heavy atom. The van der Waals surface area contributed by atoms with Crippen molar-refractivity contribution >= 4 is 35.9 Å². The summed E-state index contributed by atoms with van der Waals surface area (Å²) in [6.07, 6.45) is 0.928. The fourth-order valence-electron chi connectivity index (χ4n) is 1.92. The minimum absolute atomic E-state index is 0. The monoisotopic (exact) mass is 467 g/mol. The third kappa shape index (κ3) is 10.8. The molecule has 0 aromatic heterocycles. The lowest BCUT2D eigenvalue weighted by Gasteiger charge is -2.17. The van der Waals surface area contributed by atoms with Gasteiger partial charge in [0.05, 0.1) is 13.2 Å². The molecule has 1 atom stereocenters. The Hall–Kier alpha value is -1.58. The number of halogens is 2. The number of carbonyl (C=O) groups is 1. The zero-order chi connectivity index (χ0) is 17.8. The van der Waals surface area contributed by atoms with Crippen molar-refractivity contribution in [3.8, 4) is 5.75 Å². The van der Waals surface area contributed by atoms with Gasteiger partial charge < -0.3 is 20.1 Å². The lowest BCUT2D eigenvalue weighted by atomic mass is 10.3. The van der Waals surface area contributed by atoms with Crippen LogP contribution in [0, 0.1) is 5.82 Å². The van der Waals surface area contributed by atoms with Crippen LogP contribution in [0.2, 0.25) is 0 Å². The number of carbonyl (C=O) groups excluding carboxylic acids is 1. The van der Waals surface area contributed by atoms with E-state index in [1.807, 2.05) is 6.92 Å². The van der Waals surface area contributed by atoms with Crippen molar-refractivity contribution in [2.75, 3.05) is 26.7 Å². The van der Waals surface area contributed by atoms with Crippen LogP contribution in [0.5, 0.6) is 5.75 Å². The molecule has 1 unspecified atom stereocenters. The standard InChI is InChI=1S/C17H26FN3O3.HI/c1-4-23-16(22)6-5-11-20-17(19-3)21-12-13(2)24-15-9-7-14(18)8-10-15;/h7-10,13H,4-6,11-12H2,1-3H3,(H2,19,20,21);1H. The zero-order valence-electron chi connectivity index (χ0n) is 14.9. The van der Waals surface area contributed by atoms with Gasteiger partial charge in [-0.05, 0) is 44.5 Å². The molecule has 0 saturated heterocycles. The molecule has 0 aliphatic rings. The average molecular weight is 467 g/mol. The molecule has 0 aliphatic carbocycles. The van der Waals surface area contributed by atoms with Crippen molar-refractivity contribution < 1.29 is 18.7 Å². The number of hydrogen-bond acceptors (Lipinski definition) is 4. The van der Waals surface area contributed by atoms with E-state index in [0.717, 1.165) is 0 Å². The van der Waals surface area contributed by atoms with Gasteiger partial charge in [-0.3, -0.25) is 9.79 Å². The van der Waals surface area contributed by atoms with Crippen LogP contribution in [0.1, 0.15) is 26.7 Å². The van der Waals surface area contributed by atoms with Gasteiger partial charge in [0.1, 0.15) is 17.7 Å². The summed E-state index contributed by atoms with van der Waals surface area (Å²) in [5.41, 5.74) is 0. The molecule has 0 fully saturated rings. The van der Waals surface area contributed by atoms with Gasteiger partial charge in [-0.25, -0.2) is 4.39 Å². The second-order valence-electron chi connectivity index (χ2n) is 5.17. The fourth-order valence-corrected chi connectivity index (χ4v) is 1.92. The van der Waals surface area contributed by atoms with E-state index < -0.39 is 0 Å². The van der Waals surface area contributed by atoms with Gasteiger partial charge in [0.2, 0.25) is 0 Å². The van der Waals surface area contributed by atoms with Crippen molar-refractivity contribution in [3.05, 3.63) is 30.1 Å². The SMILES string of the molecule is CCOC(=O)CCCNC(=NC)NCC(C)Oc1ccc(F)cc1.I. The topological polar surface area (TPSA) is 72.0 Å². The van der Waals surface area contributed by atoms with E-state index in [1.54, 1.807) is 26.1 Å². The van der Waals surface area contributed by atoms with Crippen LogP contribution in [-0.2, 0) is 9.53 Å². The molecule has 0 heterocycles. The highest BCUT2D eigenvalue weighted by atomic mass is 127. The predicted octanol–water partition coefficient (Wildman–Crippen LogP) is 2.72. The summed E-state index contributed by atoms with van der Waals surface area (Å²) in [5.74, 6) is 0.764. The Bertz CT molecular complexity index is 526. The Balaban J connectivity index is 0.00000576. The van der Waals surface area contributed by atoms with E-state index in [9.17, 15) is 9.18 Å². The molecule has 1 rings (SSSR count). The molecule has 1 aromatic rings. The third-order valence-electron chi connectivity index (χ3n) is 3.09. The molecule has 0 amide bonds. The second-order valence-corrected chi connectivity index (χ2v) is 5.17. The molecule has 0 aliphatic heterocycles.